The average Bonchev–Trinajstić information content (AvgIpc) is 2.94. The van der Waals surface area contributed by atoms with E-state index in [1.165, 1.54) is 0 Å². The van der Waals surface area contributed by atoms with E-state index in [0.29, 0.717) is 30.4 Å². The summed E-state index contributed by atoms with van der Waals surface area (Å²) in [7, 11) is 0. The highest BCUT2D eigenvalue weighted by molar-refractivity contribution is 5.93. The van der Waals surface area contributed by atoms with Crippen LogP contribution in [0.25, 0.3) is 0 Å². The lowest BCUT2D eigenvalue weighted by atomic mass is 9.96. The number of nitrogens with zero attached hydrogens (tertiary/aromatic N) is 4. The number of carbonyl (C=O) groups is 1. The van der Waals surface area contributed by atoms with Crippen molar-refractivity contribution in [1.82, 2.24) is 20.1 Å². The van der Waals surface area contributed by atoms with E-state index in [1.54, 1.807) is 31.5 Å². The van der Waals surface area contributed by atoms with E-state index >= 15 is 0 Å². The molecule has 104 valence electrons. The van der Waals surface area contributed by atoms with E-state index in [-0.39, 0.29) is 11.8 Å². The Hall–Kier alpha value is -2.24. The fraction of sp³-hybridized carbons (Fsp3) is 0.429. The quantitative estimate of drug-likeness (QED) is 0.833. The first-order valence-electron chi connectivity index (χ1n) is 6.73. The highest BCUT2D eigenvalue weighted by Crippen LogP contribution is 2.27. The fourth-order valence-electron chi connectivity index (χ4n) is 2.48. The summed E-state index contributed by atoms with van der Waals surface area (Å²) >= 11 is 0. The molecule has 20 heavy (non-hydrogen) atoms. The summed E-state index contributed by atoms with van der Waals surface area (Å²) in [5, 5.41) is 7.93. The maximum atomic E-state index is 12.3. The van der Waals surface area contributed by atoms with Crippen molar-refractivity contribution < 1.29 is 9.21 Å². The highest BCUT2D eigenvalue weighted by atomic mass is 16.4. The van der Waals surface area contributed by atoms with Crippen molar-refractivity contribution >= 4 is 5.91 Å². The SMILES string of the molecule is Cc1nnc(C2CCN(C(=O)c3cccnc3)CC2)o1. The van der Waals surface area contributed by atoms with Crippen LogP contribution in [0.2, 0.25) is 0 Å². The maximum absolute atomic E-state index is 12.3. The Bertz CT molecular complexity index is 588. The molecule has 1 aliphatic heterocycles. The number of pyridine rings is 1. The summed E-state index contributed by atoms with van der Waals surface area (Å²) in [6, 6.07) is 3.57. The molecule has 0 N–H and O–H groups in total. The molecule has 0 bridgehead atoms. The van der Waals surface area contributed by atoms with E-state index in [0.717, 1.165) is 12.8 Å². The van der Waals surface area contributed by atoms with Crippen LogP contribution in [0.5, 0.6) is 0 Å². The zero-order valence-electron chi connectivity index (χ0n) is 11.3. The number of hydrogen-bond donors (Lipinski definition) is 0. The summed E-state index contributed by atoms with van der Waals surface area (Å²) in [6.45, 7) is 3.21. The Kier molecular flexibility index (Phi) is 3.45. The second-order valence-corrected chi connectivity index (χ2v) is 4.97. The van der Waals surface area contributed by atoms with Crippen molar-refractivity contribution in [3.8, 4) is 0 Å². The van der Waals surface area contributed by atoms with Crippen LogP contribution >= 0.6 is 0 Å². The van der Waals surface area contributed by atoms with Gasteiger partial charge in [-0.15, -0.1) is 10.2 Å². The van der Waals surface area contributed by atoms with Crippen molar-refractivity contribution in [3.63, 3.8) is 0 Å². The zero-order chi connectivity index (χ0) is 13.9. The number of carbonyl (C=O) groups excluding carboxylic acids is 1. The Labute approximate surface area is 116 Å². The zero-order valence-corrected chi connectivity index (χ0v) is 11.3. The van der Waals surface area contributed by atoms with Crippen molar-refractivity contribution in [2.45, 2.75) is 25.7 Å². The van der Waals surface area contributed by atoms with Gasteiger partial charge in [-0.3, -0.25) is 9.78 Å². The Morgan fingerprint density at radius 1 is 1.35 bits per heavy atom. The normalized spacial score (nSPS) is 16.4. The number of likely N-dealkylation sites (tertiary alicyclic amines) is 1. The molecule has 0 unspecified atom stereocenters. The number of aromatic nitrogens is 3. The summed E-state index contributed by atoms with van der Waals surface area (Å²) in [5.41, 5.74) is 0.639. The molecule has 6 heteroatoms. The van der Waals surface area contributed by atoms with Gasteiger partial charge in [0, 0.05) is 38.3 Å². The predicted molar refractivity (Wildman–Crippen MR) is 71.2 cm³/mol. The van der Waals surface area contributed by atoms with Crippen LogP contribution in [0.3, 0.4) is 0 Å². The third kappa shape index (κ3) is 2.54. The molecule has 2 aromatic rings. The molecular weight excluding hydrogens is 256 g/mol. The van der Waals surface area contributed by atoms with E-state index in [4.69, 9.17) is 4.42 Å². The van der Waals surface area contributed by atoms with Gasteiger partial charge in [0.25, 0.3) is 5.91 Å². The lowest BCUT2D eigenvalue weighted by Crippen LogP contribution is -2.38. The minimum Gasteiger partial charge on any atom is -0.425 e. The van der Waals surface area contributed by atoms with Gasteiger partial charge in [-0.05, 0) is 25.0 Å². The number of amides is 1. The van der Waals surface area contributed by atoms with Crippen LogP contribution in [0.15, 0.2) is 28.9 Å². The molecular formula is C14H16N4O2. The number of hydrogen-bond acceptors (Lipinski definition) is 5. The molecule has 0 aromatic carbocycles. The first-order valence-corrected chi connectivity index (χ1v) is 6.73. The molecule has 0 radical (unpaired) electrons. The molecule has 0 spiro atoms. The van der Waals surface area contributed by atoms with Crippen LogP contribution in [-0.2, 0) is 0 Å². The second kappa shape index (κ2) is 5.40. The molecule has 3 rings (SSSR count). The summed E-state index contributed by atoms with van der Waals surface area (Å²) in [4.78, 5) is 18.1. The monoisotopic (exact) mass is 272 g/mol. The third-order valence-electron chi connectivity index (χ3n) is 3.58. The van der Waals surface area contributed by atoms with Gasteiger partial charge in [0.2, 0.25) is 11.8 Å². The molecule has 2 aromatic heterocycles. The molecule has 6 nitrogen and oxygen atoms in total. The lowest BCUT2D eigenvalue weighted by Gasteiger charge is -2.30. The van der Waals surface area contributed by atoms with Gasteiger partial charge < -0.3 is 9.32 Å². The van der Waals surface area contributed by atoms with E-state index in [9.17, 15) is 4.79 Å². The van der Waals surface area contributed by atoms with Crippen LogP contribution in [0.1, 0.15) is 40.9 Å². The summed E-state index contributed by atoms with van der Waals surface area (Å²) < 4.78 is 5.47. The highest BCUT2D eigenvalue weighted by Gasteiger charge is 2.27. The van der Waals surface area contributed by atoms with Crippen molar-refractivity contribution in [1.29, 1.82) is 0 Å². The topological polar surface area (TPSA) is 72.1 Å². The maximum Gasteiger partial charge on any atom is 0.255 e. The van der Waals surface area contributed by atoms with E-state index < -0.39 is 0 Å². The molecule has 1 amide bonds. The van der Waals surface area contributed by atoms with Gasteiger partial charge in [0.15, 0.2) is 0 Å². The standard InChI is InChI=1S/C14H16N4O2/c1-10-16-17-13(20-10)11-4-7-18(8-5-11)14(19)12-3-2-6-15-9-12/h2-3,6,9,11H,4-5,7-8H2,1H3. The number of aryl methyl sites for hydroxylation is 1. The lowest BCUT2D eigenvalue weighted by molar-refractivity contribution is 0.0705. The van der Waals surface area contributed by atoms with Crippen LogP contribution in [0.4, 0.5) is 0 Å². The first-order chi connectivity index (χ1) is 9.74. The number of piperidine rings is 1. The van der Waals surface area contributed by atoms with Gasteiger partial charge >= 0.3 is 0 Å². The number of rotatable bonds is 2. The van der Waals surface area contributed by atoms with E-state index in [1.807, 2.05) is 4.90 Å². The predicted octanol–water partition coefficient (Wildman–Crippen LogP) is 1.79. The Morgan fingerprint density at radius 2 is 2.15 bits per heavy atom. The molecule has 1 fully saturated rings. The summed E-state index contributed by atoms with van der Waals surface area (Å²) in [6.07, 6.45) is 4.98. The van der Waals surface area contributed by atoms with Crippen LogP contribution in [0, 0.1) is 6.92 Å². The minimum atomic E-state index is 0.0401. The molecule has 0 atom stereocenters. The Balaban J connectivity index is 1.63. The van der Waals surface area contributed by atoms with Crippen molar-refractivity contribution in [3.05, 3.63) is 41.9 Å². The third-order valence-corrected chi connectivity index (χ3v) is 3.58. The van der Waals surface area contributed by atoms with Crippen molar-refractivity contribution in [2.24, 2.45) is 0 Å². The smallest absolute Gasteiger partial charge is 0.255 e. The van der Waals surface area contributed by atoms with Gasteiger partial charge in [0.05, 0.1) is 5.56 Å². The second-order valence-electron chi connectivity index (χ2n) is 4.97. The molecule has 1 aliphatic rings. The molecule has 0 aliphatic carbocycles. The van der Waals surface area contributed by atoms with Crippen LogP contribution < -0.4 is 0 Å². The van der Waals surface area contributed by atoms with Gasteiger partial charge in [-0.1, -0.05) is 0 Å². The van der Waals surface area contributed by atoms with Gasteiger partial charge in [-0.25, -0.2) is 0 Å². The van der Waals surface area contributed by atoms with Gasteiger partial charge in [0.1, 0.15) is 0 Å². The Morgan fingerprint density at radius 3 is 2.75 bits per heavy atom. The molecule has 1 saturated heterocycles. The largest absolute Gasteiger partial charge is 0.425 e. The fourth-order valence-corrected chi connectivity index (χ4v) is 2.48. The minimum absolute atomic E-state index is 0.0401. The van der Waals surface area contributed by atoms with Crippen molar-refractivity contribution in [2.75, 3.05) is 13.1 Å². The van der Waals surface area contributed by atoms with Gasteiger partial charge in [-0.2, -0.15) is 0 Å². The van der Waals surface area contributed by atoms with E-state index in [2.05, 4.69) is 15.2 Å². The van der Waals surface area contributed by atoms with Crippen LogP contribution in [-0.4, -0.2) is 39.1 Å². The molecule has 3 heterocycles. The first kappa shape index (κ1) is 12.8. The molecule has 0 saturated carbocycles. The summed E-state index contributed by atoms with van der Waals surface area (Å²) in [5.74, 6) is 1.58. The average molecular weight is 272 g/mol.